The van der Waals surface area contributed by atoms with E-state index in [1.165, 1.54) is 0 Å². The molecule has 168 valence electrons. The summed E-state index contributed by atoms with van der Waals surface area (Å²) in [6.07, 6.45) is -1.57. The summed E-state index contributed by atoms with van der Waals surface area (Å²) in [4.78, 5) is 24.9. The van der Waals surface area contributed by atoms with Crippen molar-refractivity contribution >= 4 is 17.7 Å². The second-order valence-electron chi connectivity index (χ2n) is 6.28. The number of hydrogen-bond donors (Lipinski definition) is 3. The molecule has 0 fully saturated rings. The number of carboxylic acid groups (broad SMARTS) is 1. The van der Waals surface area contributed by atoms with Crippen molar-refractivity contribution < 1.29 is 32.6 Å². The summed E-state index contributed by atoms with van der Waals surface area (Å²) in [6.45, 7) is 0.429. The largest absolute Gasteiger partial charge is 0.497 e. The summed E-state index contributed by atoms with van der Waals surface area (Å²) in [5.41, 5.74) is 3.87. The number of carbonyl (C=O) groups is 2. The number of anilines is 1. The van der Waals surface area contributed by atoms with Crippen molar-refractivity contribution in [2.24, 2.45) is 0 Å². The molecule has 2 aromatic carbocycles. The molecule has 2 amide bonds. The molecule has 1 heterocycles. The molecule has 0 bridgehead atoms. The van der Waals surface area contributed by atoms with Gasteiger partial charge in [-0.15, -0.1) is 0 Å². The summed E-state index contributed by atoms with van der Waals surface area (Å²) >= 11 is 0. The van der Waals surface area contributed by atoms with Crippen LogP contribution in [0.25, 0.3) is 11.1 Å². The highest BCUT2D eigenvalue weighted by molar-refractivity contribution is 5.89. The lowest BCUT2D eigenvalue weighted by Crippen LogP contribution is -2.28. The number of carbonyl (C=O) groups excluding carboxylic acids is 1. The number of benzene rings is 2. The molecule has 1 aromatic heterocycles. The molecule has 3 rings (SSSR count). The average Bonchev–Trinajstić information content (AvgIpc) is 2.79. The maximum Gasteiger partial charge on any atom is 0.490 e. The Hall–Kier alpha value is -4.08. The Morgan fingerprint density at radius 2 is 1.59 bits per heavy atom. The van der Waals surface area contributed by atoms with E-state index >= 15 is 0 Å². The molecule has 0 aliphatic rings. The molecule has 0 unspecified atom stereocenters. The Labute approximate surface area is 181 Å². The van der Waals surface area contributed by atoms with Crippen molar-refractivity contribution in [3.05, 3.63) is 78.6 Å². The van der Waals surface area contributed by atoms with Gasteiger partial charge >= 0.3 is 18.2 Å². The van der Waals surface area contributed by atoms with Crippen LogP contribution in [-0.2, 0) is 11.3 Å². The lowest BCUT2D eigenvalue weighted by atomic mass is 10.1. The number of halogens is 3. The Balaban J connectivity index is 0.000000451. The fraction of sp³-hybridized carbons (Fsp3) is 0.136. The molecule has 0 atom stereocenters. The van der Waals surface area contributed by atoms with Crippen molar-refractivity contribution in [3.63, 3.8) is 0 Å². The third-order valence-corrected chi connectivity index (χ3v) is 3.99. The van der Waals surface area contributed by atoms with Gasteiger partial charge in [0.25, 0.3) is 0 Å². The van der Waals surface area contributed by atoms with Crippen LogP contribution < -0.4 is 15.4 Å². The van der Waals surface area contributed by atoms with E-state index in [9.17, 15) is 18.0 Å². The van der Waals surface area contributed by atoms with Crippen molar-refractivity contribution in [2.45, 2.75) is 12.7 Å². The van der Waals surface area contributed by atoms with Crippen LogP contribution in [0, 0.1) is 0 Å². The van der Waals surface area contributed by atoms with Gasteiger partial charge in [0.05, 0.1) is 7.11 Å². The maximum absolute atomic E-state index is 12.0. The van der Waals surface area contributed by atoms with Crippen LogP contribution >= 0.6 is 0 Å². The monoisotopic (exact) mass is 447 g/mol. The zero-order valence-electron chi connectivity index (χ0n) is 16.9. The first-order chi connectivity index (χ1) is 15.2. The molecule has 7 nitrogen and oxygen atoms in total. The van der Waals surface area contributed by atoms with Crippen molar-refractivity contribution in [1.29, 1.82) is 0 Å². The molecule has 3 aromatic rings. The molecular formula is C22H20F3N3O4. The van der Waals surface area contributed by atoms with Crippen molar-refractivity contribution in [1.82, 2.24) is 10.3 Å². The highest BCUT2D eigenvalue weighted by Gasteiger charge is 2.38. The number of amides is 2. The molecule has 0 aliphatic heterocycles. The van der Waals surface area contributed by atoms with Crippen LogP contribution in [0.1, 0.15) is 5.56 Å². The first-order valence-corrected chi connectivity index (χ1v) is 9.17. The molecule has 3 N–H and O–H groups in total. The molecule has 0 radical (unpaired) electrons. The minimum atomic E-state index is -5.08. The van der Waals surface area contributed by atoms with E-state index in [0.29, 0.717) is 6.54 Å². The topological polar surface area (TPSA) is 101 Å². The van der Waals surface area contributed by atoms with Crippen LogP contribution in [-0.4, -0.2) is 35.4 Å². The molecule has 32 heavy (non-hydrogen) atoms. The molecular weight excluding hydrogens is 427 g/mol. The third kappa shape index (κ3) is 7.98. The van der Waals surface area contributed by atoms with Gasteiger partial charge in [-0.05, 0) is 53.1 Å². The fourth-order valence-corrected chi connectivity index (χ4v) is 2.43. The van der Waals surface area contributed by atoms with E-state index < -0.39 is 12.1 Å². The molecule has 0 spiro atoms. The van der Waals surface area contributed by atoms with Crippen LogP contribution in [0.4, 0.5) is 23.7 Å². The summed E-state index contributed by atoms with van der Waals surface area (Å²) in [5.74, 6) is -1.99. The van der Waals surface area contributed by atoms with Gasteiger partial charge in [0.15, 0.2) is 0 Å². The van der Waals surface area contributed by atoms with E-state index in [-0.39, 0.29) is 6.03 Å². The summed E-state index contributed by atoms with van der Waals surface area (Å²) in [6, 6.07) is 18.9. The number of hydrogen-bond acceptors (Lipinski definition) is 4. The molecule has 10 heteroatoms. The first-order valence-electron chi connectivity index (χ1n) is 9.17. The normalized spacial score (nSPS) is 10.4. The summed E-state index contributed by atoms with van der Waals surface area (Å²) in [7, 11) is 1.62. The predicted octanol–water partition coefficient (Wildman–Crippen LogP) is 4.71. The number of carboxylic acids is 1. The smallest absolute Gasteiger partial charge is 0.490 e. The Morgan fingerprint density at radius 1 is 1.00 bits per heavy atom. The number of ether oxygens (including phenoxy) is 1. The number of urea groups is 1. The highest BCUT2D eigenvalue weighted by atomic mass is 19.4. The van der Waals surface area contributed by atoms with Gasteiger partial charge in [0.1, 0.15) is 5.75 Å². The van der Waals surface area contributed by atoms with Crippen LogP contribution in [0.2, 0.25) is 0 Å². The zero-order chi connectivity index (χ0) is 23.6. The van der Waals surface area contributed by atoms with Gasteiger partial charge in [-0.3, -0.25) is 4.98 Å². The summed E-state index contributed by atoms with van der Waals surface area (Å²) in [5, 5.41) is 12.8. The average molecular weight is 447 g/mol. The van der Waals surface area contributed by atoms with Crippen molar-refractivity contribution in [3.8, 4) is 16.9 Å². The van der Waals surface area contributed by atoms with Crippen LogP contribution in [0.3, 0.4) is 0 Å². The van der Waals surface area contributed by atoms with E-state index in [2.05, 4.69) is 15.6 Å². The lowest BCUT2D eigenvalue weighted by molar-refractivity contribution is -0.192. The van der Waals surface area contributed by atoms with Gasteiger partial charge in [-0.2, -0.15) is 13.2 Å². The van der Waals surface area contributed by atoms with E-state index in [1.54, 1.807) is 19.5 Å². The number of pyridine rings is 1. The number of aromatic nitrogens is 1. The minimum Gasteiger partial charge on any atom is -0.497 e. The Bertz CT molecular complexity index is 1030. The van der Waals surface area contributed by atoms with E-state index in [1.807, 2.05) is 60.7 Å². The summed E-state index contributed by atoms with van der Waals surface area (Å²) < 4.78 is 36.9. The second kappa shape index (κ2) is 11.3. The quantitative estimate of drug-likeness (QED) is 0.526. The number of methoxy groups -OCH3 is 1. The Morgan fingerprint density at radius 3 is 2.16 bits per heavy atom. The lowest BCUT2D eigenvalue weighted by Gasteiger charge is -2.09. The first kappa shape index (κ1) is 24.2. The van der Waals surface area contributed by atoms with Gasteiger partial charge in [-0.25, -0.2) is 9.59 Å². The van der Waals surface area contributed by atoms with Gasteiger partial charge in [0, 0.05) is 24.6 Å². The molecule has 0 saturated carbocycles. The number of nitrogens with one attached hydrogen (secondary N) is 2. The number of alkyl halides is 3. The van der Waals surface area contributed by atoms with Crippen LogP contribution in [0.15, 0.2) is 73.1 Å². The minimum absolute atomic E-state index is 0.250. The maximum atomic E-state index is 12.0. The standard InChI is InChI=1S/C20H19N3O2.C2HF3O2/c1-25-19-4-2-3-15(13-19)14-22-20(24)23-18-7-5-16(6-8-18)17-9-11-21-12-10-17;3-2(4,5)1(6)7/h2-13H,14H2,1H3,(H2,22,23,24);(H,6,7). The number of nitrogens with zero attached hydrogens (tertiary/aromatic N) is 1. The van der Waals surface area contributed by atoms with Crippen molar-refractivity contribution in [2.75, 3.05) is 12.4 Å². The van der Waals surface area contributed by atoms with Gasteiger partial charge < -0.3 is 20.5 Å². The zero-order valence-corrected chi connectivity index (χ0v) is 16.9. The predicted molar refractivity (Wildman–Crippen MR) is 112 cm³/mol. The van der Waals surface area contributed by atoms with Crippen LogP contribution in [0.5, 0.6) is 5.75 Å². The highest BCUT2D eigenvalue weighted by Crippen LogP contribution is 2.20. The molecule has 0 saturated heterocycles. The third-order valence-electron chi connectivity index (χ3n) is 3.99. The fourth-order valence-electron chi connectivity index (χ4n) is 2.43. The second-order valence-corrected chi connectivity index (χ2v) is 6.28. The Kier molecular flexibility index (Phi) is 8.58. The van der Waals surface area contributed by atoms with Gasteiger partial charge in [0.2, 0.25) is 0 Å². The number of aliphatic carboxylic acids is 1. The van der Waals surface area contributed by atoms with E-state index in [4.69, 9.17) is 14.6 Å². The van der Waals surface area contributed by atoms with Gasteiger partial charge in [-0.1, -0.05) is 24.3 Å². The molecule has 0 aliphatic carbocycles. The number of rotatable bonds is 5. The van der Waals surface area contributed by atoms with E-state index in [0.717, 1.165) is 28.1 Å². The SMILES string of the molecule is COc1cccc(CNC(=O)Nc2ccc(-c3ccncc3)cc2)c1.O=C(O)C(F)(F)F.